The van der Waals surface area contributed by atoms with E-state index < -0.39 is 29.8 Å². The van der Waals surface area contributed by atoms with Crippen LogP contribution in [0, 0.1) is 23.1 Å². The minimum absolute atomic E-state index is 0.0972. The second-order valence-corrected chi connectivity index (χ2v) is 5.51. The number of nitriles is 1. The summed E-state index contributed by atoms with van der Waals surface area (Å²) < 4.78 is 17.8. The molecule has 0 spiro atoms. The van der Waals surface area contributed by atoms with Gasteiger partial charge in [0.1, 0.15) is 11.4 Å². The van der Waals surface area contributed by atoms with E-state index in [1.54, 1.807) is 26.8 Å². The smallest absolute Gasteiger partial charge is 0.331 e. The van der Waals surface area contributed by atoms with Gasteiger partial charge in [0.05, 0.1) is 6.07 Å². The van der Waals surface area contributed by atoms with Gasteiger partial charge in [0.15, 0.2) is 6.61 Å². The maximum absolute atomic E-state index is 13.0. The summed E-state index contributed by atoms with van der Waals surface area (Å²) in [6, 6.07) is 7.72. The van der Waals surface area contributed by atoms with Gasteiger partial charge in [-0.15, -0.1) is 0 Å². The highest BCUT2D eigenvalue weighted by molar-refractivity contribution is 5.89. The van der Waals surface area contributed by atoms with Crippen LogP contribution in [-0.2, 0) is 14.3 Å². The van der Waals surface area contributed by atoms with Crippen molar-refractivity contribution in [3.05, 3.63) is 41.7 Å². The molecule has 0 bridgehead atoms. The Morgan fingerprint density at radius 2 is 2.17 bits per heavy atom. The Labute approximate surface area is 134 Å². The molecular formula is C17H19FN2O3. The van der Waals surface area contributed by atoms with E-state index in [0.717, 1.165) is 6.08 Å². The summed E-state index contributed by atoms with van der Waals surface area (Å²) in [5.41, 5.74) is -0.524. The van der Waals surface area contributed by atoms with E-state index in [2.05, 4.69) is 5.32 Å². The monoisotopic (exact) mass is 318 g/mol. The molecule has 0 aliphatic carbocycles. The normalized spacial score (nSPS) is 13.4. The van der Waals surface area contributed by atoms with Gasteiger partial charge in [0, 0.05) is 6.08 Å². The Kier molecular flexibility index (Phi) is 6.46. The molecule has 0 aliphatic heterocycles. The lowest BCUT2D eigenvalue weighted by Crippen LogP contribution is -2.50. The lowest BCUT2D eigenvalue weighted by molar-refractivity contribution is -0.144. The van der Waals surface area contributed by atoms with Crippen molar-refractivity contribution in [2.75, 3.05) is 6.61 Å². The molecular weight excluding hydrogens is 299 g/mol. The molecule has 0 radical (unpaired) electrons. The van der Waals surface area contributed by atoms with Crippen molar-refractivity contribution >= 4 is 18.0 Å². The Morgan fingerprint density at radius 3 is 2.74 bits per heavy atom. The number of amides is 1. The van der Waals surface area contributed by atoms with Crippen molar-refractivity contribution in [2.24, 2.45) is 5.92 Å². The first-order chi connectivity index (χ1) is 10.8. The van der Waals surface area contributed by atoms with Crippen LogP contribution in [0.2, 0.25) is 0 Å². The first-order valence-electron chi connectivity index (χ1n) is 7.09. The zero-order valence-electron chi connectivity index (χ0n) is 13.3. The number of ether oxygens (including phenoxy) is 1. The second kappa shape index (κ2) is 8.08. The molecule has 1 rings (SSSR count). The maximum Gasteiger partial charge on any atom is 0.331 e. The van der Waals surface area contributed by atoms with Gasteiger partial charge in [-0.2, -0.15) is 5.26 Å². The van der Waals surface area contributed by atoms with Crippen molar-refractivity contribution in [3.63, 3.8) is 0 Å². The van der Waals surface area contributed by atoms with Gasteiger partial charge >= 0.3 is 5.97 Å². The van der Waals surface area contributed by atoms with Crippen LogP contribution in [0.5, 0.6) is 0 Å². The standard InChI is InChI=1S/C17H19FN2O3/c1-12(2)17(3,11-19)20-15(21)10-23-16(22)8-7-13-5-4-6-14(18)9-13/h4-9,12H,10H2,1-3H3,(H,20,21)/b8-7+/t17-/m0/s1. The topological polar surface area (TPSA) is 79.2 Å². The number of hydrogen-bond donors (Lipinski definition) is 1. The van der Waals surface area contributed by atoms with Gasteiger partial charge < -0.3 is 10.1 Å². The summed E-state index contributed by atoms with van der Waals surface area (Å²) in [5.74, 6) is -1.80. The number of halogens is 1. The highest BCUT2D eigenvalue weighted by Crippen LogP contribution is 2.14. The molecule has 0 saturated heterocycles. The quantitative estimate of drug-likeness (QED) is 0.645. The number of nitrogens with one attached hydrogen (secondary N) is 1. The van der Waals surface area contributed by atoms with Crippen LogP contribution < -0.4 is 5.32 Å². The largest absolute Gasteiger partial charge is 0.452 e. The lowest BCUT2D eigenvalue weighted by atomic mass is 9.90. The highest BCUT2D eigenvalue weighted by atomic mass is 19.1. The van der Waals surface area contributed by atoms with Gasteiger partial charge in [-0.1, -0.05) is 26.0 Å². The third-order valence-electron chi connectivity index (χ3n) is 3.39. The molecule has 23 heavy (non-hydrogen) atoms. The zero-order chi connectivity index (χ0) is 17.5. The van der Waals surface area contributed by atoms with Gasteiger partial charge in [-0.3, -0.25) is 4.79 Å². The molecule has 5 nitrogen and oxygen atoms in total. The molecule has 0 saturated carbocycles. The fourth-order valence-electron chi connectivity index (χ4n) is 1.59. The van der Waals surface area contributed by atoms with Crippen LogP contribution >= 0.6 is 0 Å². The number of rotatable bonds is 6. The SMILES string of the molecule is CC(C)[C@](C)(C#N)NC(=O)COC(=O)/C=C/c1cccc(F)c1. The molecule has 6 heteroatoms. The van der Waals surface area contributed by atoms with Crippen molar-refractivity contribution in [1.29, 1.82) is 5.26 Å². The zero-order valence-corrected chi connectivity index (χ0v) is 13.3. The summed E-state index contributed by atoms with van der Waals surface area (Å²) >= 11 is 0. The number of carbonyl (C=O) groups excluding carboxylic acids is 2. The van der Waals surface area contributed by atoms with Gasteiger partial charge in [0.25, 0.3) is 5.91 Å². The number of esters is 1. The summed E-state index contributed by atoms with van der Waals surface area (Å²) in [5, 5.41) is 11.6. The van der Waals surface area contributed by atoms with Gasteiger partial charge in [0.2, 0.25) is 0 Å². The molecule has 122 valence electrons. The Hall–Kier alpha value is -2.68. The lowest BCUT2D eigenvalue weighted by Gasteiger charge is -2.27. The summed E-state index contributed by atoms with van der Waals surface area (Å²) in [4.78, 5) is 23.3. The van der Waals surface area contributed by atoms with E-state index in [4.69, 9.17) is 10.00 Å². The predicted molar refractivity (Wildman–Crippen MR) is 83.4 cm³/mol. The molecule has 1 atom stereocenters. The van der Waals surface area contributed by atoms with E-state index in [1.807, 2.05) is 6.07 Å². The van der Waals surface area contributed by atoms with Crippen LogP contribution in [0.15, 0.2) is 30.3 Å². The van der Waals surface area contributed by atoms with E-state index in [1.165, 1.54) is 24.3 Å². The first kappa shape index (κ1) is 18.4. The fraction of sp³-hybridized carbons (Fsp3) is 0.353. The molecule has 1 N–H and O–H groups in total. The van der Waals surface area contributed by atoms with Gasteiger partial charge in [-0.05, 0) is 36.6 Å². The molecule has 0 heterocycles. The molecule has 0 aliphatic rings. The average Bonchev–Trinajstić information content (AvgIpc) is 2.50. The van der Waals surface area contributed by atoms with Crippen molar-refractivity contribution in [2.45, 2.75) is 26.3 Å². The number of hydrogen-bond acceptors (Lipinski definition) is 4. The molecule has 0 unspecified atom stereocenters. The molecule has 1 amide bonds. The summed E-state index contributed by atoms with van der Waals surface area (Å²) in [7, 11) is 0. The van der Waals surface area contributed by atoms with E-state index in [9.17, 15) is 14.0 Å². The average molecular weight is 318 g/mol. The Balaban J connectivity index is 2.50. The van der Waals surface area contributed by atoms with Crippen LogP contribution in [0.25, 0.3) is 6.08 Å². The van der Waals surface area contributed by atoms with Crippen LogP contribution in [0.1, 0.15) is 26.3 Å². The maximum atomic E-state index is 13.0. The summed E-state index contributed by atoms with van der Waals surface area (Å²) in [6.45, 7) is 4.71. The van der Waals surface area contributed by atoms with Crippen molar-refractivity contribution in [1.82, 2.24) is 5.32 Å². The fourth-order valence-corrected chi connectivity index (χ4v) is 1.59. The molecule has 1 aromatic rings. The van der Waals surface area contributed by atoms with Crippen molar-refractivity contribution in [3.8, 4) is 6.07 Å². The number of carbonyl (C=O) groups is 2. The third kappa shape index (κ3) is 5.91. The van der Waals surface area contributed by atoms with E-state index >= 15 is 0 Å². The molecule has 0 aromatic heterocycles. The summed E-state index contributed by atoms with van der Waals surface area (Å²) in [6.07, 6.45) is 2.49. The first-order valence-corrected chi connectivity index (χ1v) is 7.09. The Morgan fingerprint density at radius 1 is 1.48 bits per heavy atom. The Bertz CT molecular complexity index is 649. The van der Waals surface area contributed by atoms with E-state index in [0.29, 0.717) is 5.56 Å². The number of benzene rings is 1. The minimum atomic E-state index is -1.03. The predicted octanol–water partition coefficient (Wildman–Crippen LogP) is 2.44. The third-order valence-corrected chi connectivity index (χ3v) is 3.39. The van der Waals surface area contributed by atoms with Gasteiger partial charge in [-0.25, -0.2) is 9.18 Å². The molecule has 0 fully saturated rings. The molecule has 1 aromatic carbocycles. The van der Waals surface area contributed by atoms with Crippen molar-refractivity contribution < 1.29 is 18.7 Å². The van der Waals surface area contributed by atoms with Crippen LogP contribution in [-0.4, -0.2) is 24.0 Å². The highest BCUT2D eigenvalue weighted by Gasteiger charge is 2.30. The van der Waals surface area contributed by atoms with Crippen LogP contribution in [0.3, 0.4) is 0 Å². The minimum Gasteiger partial charge on any atom is -0.452 e. The second-order valence-electron chi connectivity index (χ2n) is 5.51. The van der Waals surface area contributed by atoms with E-state index in [-0.39, 0.29) is 5.92 Å². The number of nitrogens with zero attached hydrogens (tertiary/aromatic N) is 1. The van der Waals surface area contributed by atoms with Crippen LogP contribution in [0.4, 0.5) is 4.39 Å².